The van der Waals surface area contributed by atoms with Crippen molar-refractivity contribution >= 4 is 29.3 Å². The Morgan fingerprint density at radius 2 is 2.09 bits per heavy atom. The van der Waals surface area contributed by atoms with Gasteiger partial charge in [0.1, 0.15) is 5.82 Å². The first-order chi connectivity index (χ1) is 16.1. The maximum absolute atomic E-state index is 13.8. The van der Waals surface area contributed by atoms with Gasteiger partial charge in [-0.05, 0) is 31.5 Å². The van der Waals surface area contributed by atoms with E-state index >= 15 is 0 Å². The van der Waals surface area contributed by atoms with Crippen molar-refractivity contribution in [3.8, 4) is 11.4 Å². The van der Waals surface area contributed by atoms with E-state index in [1.807, 2.05) is 30.3 Å². The predicted octanol–water partition coefficient (Wildman–Crippen LogP) is 4.79. The minimum absolute atomic E-state index is 0.0553. The molecule has 1 N–H and O–H groups in total. The van der Waals surface area contributed by atoms with Gasteiger partial charge in [-0.15, -0.1) is 0 Å². The third kappa shape index (κ3) is 6.56. The number of nitrogens with zero attached hydrogens (tertiary/aromatic N) is 3. The van der Waals surface area contributed by atoms with Crippen LogP contribution in [0.15, 0.2) is 53.1 Å². The molecule has 33 heavy (non-hydrogen) atoms. The summed E-state index contributed by atoms with van der Waals surface area (Å²) >= 11 is 7.60. The zero-order valence-corrected chi connectivity index (χ0v) is 19.7. The molecule has 1 amide bonds. The predicted molar refractivity (Wildman–Crippen MR) is 128 cm³/mol. The highest BCUT2D eigenvalue weighted by Crippen LogP contribution is 2.24. The Kier molecular flexibility index (Phi) is 8.36. The fourth-order valence-electron chi connectivity index (χ4n) is 3.86. The lowest BCUT2D eigenvalue weighted by atomic mass is 9.97. The molecule has 9 heteroatoms. The smallest absolute Gasteiger partial charge is 0.241 e. The molecule has 0 spiro atoms. The van der Waals surface area contributed by atoms with Crippen molar-refractivity contribution in [2.75, 3.05) is 25.4 Å². The summed E-state index contributed by atoms with van der Waals surface area (Å²) in [5, 5.41) is 7.52. The molecule has 3 aromatic rings. The van der Waals surface area contributed by atoms with Crippen LogP contribution >= 0.6 is 23.4 Å². The Morgan fingerprint density at radius 1 is 1.24 bits per heavy atom. The van der Waals surface area contributed by atoms with Gasteiger partial charge < -0.3 is 9.84 Å². The number of hydrogen-bond acceptors (Lipinski definition) is 6. The fourth-order valence-corrected chi connectivity index (χ4v) is 5.06. The number of piperidine rings is 1. The Bertz CT molecular complexity index is 1050. The number of rotatable bonds is 9. The average Bonchev–Trinajstić information content (AvgIpc) is 3.29. The molecule has 0 saturated carbocycles. The molecular weight excluding hydrogens is 463 g/mol. The number of benzene rings is 2. The van der Waals surface area contributed by atoms with Crippen molar-refractivity contribution in [1.29, 1.82) is 0 Å². The molecule has 1 saturated heterocycles. The first kappa shape index (κ1) is 23.7. The summed E-state index contributed by atoms with van der Waals surface area (Å²) in [6.45, 7) is 2.62. The number of hydrogen-bond donors (Lipinski definition) is 1. The van der Waals surface area contributed by atoms with Crippen molar-refractivity contribution < 1.29 is 13.7 Å². The second-order valence-electron chi connectivity index (χ2n) is 8.00. The van der Waals surface area contributed by atoms with E-state index in [1.54, 1.807) is 23.9 Å². The lowest BCUT2D eigenvalue weighted by Gasteiger charge is -2.30. The van der Waals surface area contributed by atoms with E-state index in [-0.39, 0.29) is 17.6 Å². The van der Waals surface area contributed by atoms with E-state index in [0.29, 0.717) is 53.4 Å². The van der Waals surface area contributed by atoms with Crippen molar-refractivity contribution in [3.05, 3.63) is 70.8 Å². The highest BCUT2D eigenvalue weighted by molar-refractivity contribution is 7.98. The molecule has 1 aromatic heterocycles. The number of likely N-dealkylation sites (tertiary alicyclic amines) is 1. The van der Waals surface area contributed by atoms with Gasteiger partial charge in [-0.2, -0.15) is 16.7 Å². The van der Waals surface area contributed by atoms with Crippen molar-refractivity contribution in [2.45, 2.75) is 25.1 Å². The van der Waals surface area contributed by atoms with Crippen LogP contribution in [0, 0.1) is 11.7 Å². The van der Waals surface area contributed by atoms with Gasteiger partial charge in [-0.1, -0.05) is 53.2 Å². The van der Waals surface area contributed by atoms with Gasteiger partial charge in [-0.3, -0.25) is 9.69 Å². The van der Waals surface area contributed by atoms with Crippen LogP contribution in [0.5, 0.6) is 0 Å². The van der Waals surface area contributed by atoms with Crippen LogP contribution in [-0.2, 0) is 17.1 Å². The minimum Gasteiger partial charge on any atom is -0.355 e. The molecule has 2 heterocycles. The molecule has 6 nitrogen and oxygen atoms in total. The van der Waals surface area contributed by atoms with Gasteiger partial charge in [-0.25, -0.2) is 4.39 Å². The summed E-state index contributed by atoms with van der Waals surface area (Å²) in [4.78, 5) is 19.3. The molecule has 4 rings (SSSR count). The van der Waals surface area contributed by atoms with Crippen LogP contribution in [0.25, 0.3) is 11.4 Å². The molecular formula is C24H26ClFN4O2S. The van der Waals surface area contributed by atoms with Gasteiger partial charge in [0.2, 0.25) is 17.6 Å². The van der Waals surface area contributed by atoms with Gasteiger partial charge >= 0.3 is 0 Å². The SMILES string of the molecule is O=C(NCCSCc1c(F)cccc1Cl)C1CCCN(Cc2nc(-c3ccccc3)no2)C1. The Hall–Kier alpha value is -2.42. The lowest BCUT2D eigenvalue weighted by molar-refractivity contribution is -0.126. The fraction of sp³-hybridized carbons (Fsp3) is 0.375. The summed E-state index contributed by atoms with van der Waals surface area (Å²) in [6.07, 6.45) is 1.80. The summed E-state index contributed by atoms with van der Waals surface area (Å²) < 4.78 is 19.2. The maximum Gasteiger partial charge on any atom is 0.241 e. The van der Waals surface area contributed by atoms with E-state index in [2.05, 4.69) is 20.4 Å². The minimum atomic E-state index is -0.293. The molecule has 1 unspecified atom stereocenters. The van der Waals surface area contributed by atoms with Gasteiger partial charge in [0.05, 0.1) is 12.5 Å². The van der Waals surface area contributed by atoms with Crippen LogP contribution in [0.1, 0.15) is 24.3 Å². The van der Waals surface area contributed by atoms with Crippen LogP contribution < -0.4 is 5.32 Å². The second kappa shape index (κ2) is 11.6. The third-order valence-electron chi connectivity index (χ3n) is 5.59. The number of amides is 1. The largest absolute Gasteiger partial charge is 0.355 e. The molecule has 1 aliphatic rings. The quantitative estimate of drug-likeness (QED) is 0.437. The van der Waals surface area contributed by atoms with E-state index in [1.165, 1.54) is 6.07 Å². The molecule has 0 aliphatic carbocycles. The number of carbonyl (C=O) groups excluding carboxylic acids is 1. The summed E-state index contributed by atoms with van der Waals surface area (Å²) in [5.41, 5.74) is 1.42. The number of halogens is 2. The second-order valence-corrected chi connectivity index (χ2v) is 9.51. The Morgan fingerprint density at radius 3 is 2.91 bits per heavy atom. The van der Waals surface area contributed by atoms with Crippen molar-refractivity contribution in [3.63, 3.8) is 0 Å². The molecule has 1 aliphatic heterocycles. The first-order valence-electron chi connectivity index (χ1n) is 11.0. The zero-order valence-electron chi connectivity index (χ0n) is 18.2. The average molecular weight is 489 g/mol. The number of carbonyl (C=O) groups is 1. The zero-order chi connectivity index (χ0) is 23.0. The standard InChI is InChI=1S/C24H26ClFN4O2S/c25-20-9-4-10-21(26)19(20)16-33-13-11-27-24(31)18-8-5-12-30(14-18)15-22-28-23(29-32-22)17-6-2-1-3-7-17/h1-4,6-7,9-10,18H,5,8,11-16H2,(H,27,31). The summed E-state index contributed by atoms with van der Waals surface area (Å²) in [5.74, 6) is 1.99. The van der Waals surface area contributed by atoms with Crippen LogP contribution in [0.4, 0.5) is 4.39 Å². The highest BCUT2D eigenvalue weighted by atomic mass is 35.5. The van der Waals surface area contributed by atoms with Gasteiger partial charge in [0.15, 0.2) is 0 Å². The first-order valence-corrected chi connectivity index (χ1v) is 12.5. The molecule has 1 fully saturated rings. The van der Waals surface area contributed by atoms with Crippen LogP contribution in [-0.4, -0.2) is 46.3 Å². The van der Waals surface area contributed by atoms with Crippen molar-refractivity contribution in [2.24, 2.45) is 5.92 Å². The van der Waals surface area contributed by atoms with Crippen molar-refractivity contribution in [1.82, 2.24) is 20.4 Å². The highest BCUT2D eigenvalue weighted by Gasteiger charge is 2.26. The molecule has 1 atom stereocenters. The normalized spacial score (nSPS) is 16.6. The monoisotopic (exact) mass is 488 g/mol. The number of aromatic nitrogens is 2. The third-order valence-corrected chi connectivity index (χ3v) is 6.93. The van der Waals surface area contributed by atoms with Crippen LogP contribution in [0.2, 0.25) is 5.02 Å². The Labute approximate surface area is 201 Å². The van der Waals surface area contributed by atoms with E-state index in [4.69, 9.17) is 16.1 Å². The van der Waals surface area contributed by atoms with Gasteiger partial charge in [0, 0.05) is 40.7 Å². The van der Waals surface area contributed by atoms with E-state index in [0.717, 1.165) is 24.9 Å². The Balaban J connectivity index is 1.20. The topological polar surface area (TPSA) is 71.3 Å². The maximum atomic E-state index is 13.8. The lowest BCUT2D eigenvalue weighted by Crippen LogP contribution is -2.43. The molecule has 0 radical (unpaired) electrons. The molecule has 174 valence electrons. The molecule has 2 aromatic carbocycles. The van der Waals surface area contributed by atoms with E-state index in [9.17, 15) is 9.18 Å². The summed E-state index contributed by atoms with van der Waals surface area (Å²) in [6, 6.07) is 14.4. The molecule has 0 bridgehead atoms. The summed E-state index contributed by atoms with van der Waals surface area (Å²) in [7, 11) is 0. The van der Waals surface area contributed by atoms with Gasteiger partial charge in [0.25, 0.3) is 0 Å². The van der Waals surface area contributed by atoms with Crippen LogP contribution in [0.3, 0.4) is 0 Å². The van der Waals surface area contributed by atoms with E-state index < -0.39 is 0 Å². The number of thioether (sulfide) groups is 1. The number of nitrogens with one attached hydrogen (secondary N) is 1.